The van der Waals surface area contributed by atoms with Gasteiger partial charge in [-0.1, -0.05) is 18.2 Å². The lowest BCUT2D eigenvalue weighted by molar-refractivity contribution is 0.0696. The molecule has 1 aliphatic rings. The van der Waals surface area contributed by atoms with E-state index in [0.29, 0.717) is 24.1 Å². The molecule has 26 heavy (non-hydrogen) atoms. The Morgan fingerprint density at radius 2 is 1.88 bits per heavy atom. The normalized spacial score (nSPS) is 14.7. The number of anilines is 1. The number of para-hydroxylation sites is 1. The number of fused-ring (bicyclic) bond motifs is 1. The number of sulfonamides is 1. The summed E-state index contributed by atoms with van der Waals surface area (Å²) < 4.78 is 28.0. The zero-order valence-corrected chi connectivity index (χ0v) is 15.2. The van der Waals surface area contributed by atoms with E-state index in [2.05, 4.69) is 0 Å². The van der Waals surface area contributed by atoms with E-state index >= 15 is 0 Å². The standard InChI is InChI=1S/C19H21NO5S/c1-13(21)12-20(16-7-3-2-4-8-16)26(24,25)18-11-15(19(22)23)10-14-6-5-9-17(14)18/h2-4,7-8,10-11,13,21H,5-6,9,12H2,1H3,(H,22,23)/t13-/m0/s1. The van der Waals surface area contributed by atoms with E-state index in [1.54, 1.807) is 36.4 Å². The minimum atomic E-state index is -4.02. The first kappa shape index (κ1) is 18.4. The first-order valence-electron chi connectivity index (χ1n) is 8.45. The second kappa shape index (κ2) is 7.09. The van der Waals surface area contributed by atoms with E-state index in [-0.39, 0.29) is 17.0 Å². The summed E-state index contributed by atoms with van der Waals surface area (Å²) in [6, 6.07) is 11.3. The Morgan fingerprint density at radius 1 is 1.19 bits per heavy atom. The van der Waals surface area contributed by atoms with Gasteiger partial charge in [-0.25, -0.2) is 13.2 Å². The fourth-order valence-electron chi connectivity index (χ4n) is 3.31. The third-order valence-electron chi connectivity index (χ3n) is 4.46. The minimum absolute atomic E-state index is 0.0226. The van der Waals surface area contributed by atoms with Crippen molar-refractivity contribution in [2.75, 3.05) is 10.8 Å². The molecule has 0 aromatic heterocycles. The van der Waals surface area contributed by atoms with E-state index in [0.717, 1.165) is 16.3 Å². The van der Waals surface area contributed by atoms with Crippen LogP contribution in [0.25, 0.3) is 0 Å². The molecule has 0 heterocycles. The number of aliphatic hydroxyl groups excluding tert-OH is 1. The second-order valence-electron chi connectivity index (χ2n) is 6.49. The van der Waals surface area contributed by atoms with E-state index in [1.807, 2.05) is 0 Å². The highest BCUT2D eigenvalue weighted by Gasteiger charge is 2.32. The number of nitrogens with zero attached hydrogens (tertiary/aromatic N) is 1. The highest BCUT2D eigenvalue weighted by atomic mass is 32.2. The predicted molar refractivity (Wildman–Crippen MR) is 98.1 cm³/mol. The summed E-state index contributed by atoms with van der Waals surface area (Å²) in [6.45, 7) is 1.40. The Bertz CT molecular complexity index is 922. The summed E-state index contributed by atoms with van der Waals surface area (Å²) in [5.41, 5.74) is 1.85. The summed E-state index contributed by atoms with van der Waals surface area (Å²) in [5.74, 6) is -1.15. The van der Waals surface area contributed by atoms with Gasteiger partial charge in [0, 0.05) is 0 Å². The van der Waals surface area contributed by atoms with Gasteiger partial charge in [0.25, 0.3) is 10.0 Å². The van der Waals surface area contributed by atoms with Gasteiger partial charge < -0.3 is 10.2 Å². The third kappa shape index (κ3) is 3.45. The van der Waals surface area contributed by atoms with Crippen LogP contribution < -0.4 is 4.31 Å². The molecule has 1 atom stereocenters. The number of hydrogen-bond donors (Lipinski definition) is 2. The molecule has 6 nitrogen and oxygen atoms in total. The van der Waals surface area contributed by atoms with Gasteiger partial charge in [-0.15, -0.1) is 0 Å². The van der Waals surface area contributed by atoms with Crippen LogP contribution in [0.5, 0.6) is 0 Å². The number of rotatable bonds is 6. The van der Waals surface area contributed by atoms with Crippen molar-refractivity contribution in [3.8, 4) is 0 Å². The van der Waals surface area contributed by atoms with Crippen molar-refractivity contribution < 1.29 is 23.4 Å². The lowest BCUT2D eigenvalue weighted by Crippen LogP contribution is -2.37. The lowest BCUT2D eigenvalue weighted by atomic mass is 10.1. The van der Waals surface area contributed by atoms with E-state index in [4.69, 9.17) is 0 Å². The minimum Gasteiger partial charge on any atom is -0.478 e. The molecule has 0 radical (unpaired) electrons. The Kier molecular flexibility index (Phi) is 5.02. The van der Waals surface area contributed by atoms with Crippen LogP contribution in [0, 0.1) is 0 Å². The molecule has 3 rings (SSSR count). The molecular formula is C19H21NO5S. The monoisotopic (exact) mass is 375 g/mol. The van der Waals surface area contributed by atoms with Gasteiger partial charge in [0.15, 0.2) is 0 Å². The average Bonchev–Trinajstić information content (AvgIpc) is 3.07. The zero-order chi connectivity index (χ0) is 18.9. The highest BCUT2D eigenvalue weighted by molar-refractivity contribution is 7.92. The lowest BCUT2D eigenvalue weighted by Gasteiger charge is -2.27. The fraction of sp³-hybridized carbons (Fsp3) is 0.316. The van der Waals surface area contributed by atoms with Crippen LogP contribution in [0.1, 0.15) is 34.8 Å². The van der Waals surface area contributed by atoms with Crippen molar-refractivity contribution in [3.63, 3.8) is 0 Å². The largest absolute Gasteiger partial charge is 0.478 e. The van der Waals surface area contributed by atoms with Crippen molar-refractivity contribution in [3.05, 3.63) is 59.2 Å². The Balaban J connectivity index is 2.18. The van der Waals surface area contributed by atoms with Gasteiger partial charge in [0.2, 0.25) is 0 Å². The smallest absolute Gasteiger partial charge is 0.335 e. The number of hydrogen-bond acceptors (Lipinski definition) is 4. The van der Waals surface area contributed by atoms with Gasteiger partial charge in [-0.2, -0.15) is 0 Å². The van der Waals surface area contributed by atoms with Gasteiger partial charge in [-0.05, 0) is 61.6 Å². The molecule has 1 aliphatic carbocycles. The summed E-state index contributed by atoms with van der Waals surface area (Å²) in [7, 11) is -4.02. The first-order valence-corrected chi connectivity index (χ1v) is 9.89. The van der Waals surface area contributed by atoms with Crippen molar-refractivity contribution in [1.82, 2.24) is 0 Å². The molecule has 2 N–H and O–H groups in total. The average molecular weight is 375 g/mol. The number of carboxylic acid groups (broad SMARTS) is 1. The quantitative estimate of drug-likeness (QED) is 0.809. The molecule has 0 amide bonds. The summed E-state index contributed by atoms with van der Waals surface area (Å²) >= 11 is 0. The van der Waals surface area contributed by atoms with Crippen molar-refractivity contribution in [1.29, 1.82) is 0 Å². The van der Waals surface area contributed by atoms with Crippen molar-refractivity contribution in [2.45, 2.75) is 37.2 Å². The molecule has 0 aliphatic heterocycles. The van der Waals surface area contributed by atoms with E-state index in [9.17, 15) is 23.4 Å². The maximum Gasteiger partial charge on any atom is 0.335 e. The molecule has 0 unspecified atom stereocenters. The van der Waals surface area contributed by atoms with Crippen LogP contribution >= 0.6 is 0 Å². The maximum absolute atomic E-state index is 13.4. The SMILES string of the molecule is C[C@H](O)CN(c1ccccc1)S(=O)(=O)c1cc(C(=O)O)cc2c1CCC2. The van der Waals surface area contributed by atoms with Gasteiger partial charge in [0.05, 0.1) is 28.8 Å². The Hall–Kier alpha value is -2.38. The number of benzene rings is 2. The predicted octanol–water partition coefficient (Wildman–Crippen LogP) is 2.45. The summed E-state index contributed by atoms with van der Waals surface area (Å²) in [6.07, 6.45) is 1.19. The molecule has 2 aromatic carbocycles. The van der Waals surface area contributed by atoms with Crippen LogP contribution in [0.3, 0.4) is 0 Å². The van der Waals surface area contributed by atoms with Crippen molar-refractivity contribution >= 4 is 21.7 Å². The van der Waals surface area contributed by atoms with Crippen LogP contribution in [0.2, 0.25) is 0 Å². The molecule has 0 bridgehead atoms. The molecule has 0 saturated carbocycles. The number of aliphatic hydroxyl groups is 1. The number of aromatic carboxylic acids is 1. The van der Waals surface area contributed by atoms with Crippen LogP contribution in [-0.2, 0) is 22.9 Å². The number of carbonyl (C=O) groups is 1. The molecule has 0 spiro atoms. The Morgan fingerprint density at radius 3 is 2.50 bits per heavy atom. The van der Waals surface area contributed by atoms with Gasteiger partial charge in [0.1, 0.15) is 0 Å². The molecular weight excluding hydrogens is 354 g/mol. The van der Waals surface area contributed by atoms with E-state index in [1.165, 1.54) is 13.0 Å². The molecule has 7 heteroatoms. The van der Waals surface area contributed by atoms with Crippen molar-refractivity contribution in [2.24, 2.45) is 0 Å². The third-order valence-corrected chi connectivity index (χ3v) is 6.32. The molecule has 0 fully saturated rings. The fourth-order valence-corrected chi connectivity index (χ4v) is 5.18. The maximum atomic E-state index is 13.4. The first-order chi connectivity index (χ1) is 12.3. The van der Waals surface area contributed by atoms with Crippen LogP contribution in [-0.4, -0.2) is 37.2 Å². The highest BCUT2D eigenvalue weighted by Crippen LogP contribution is 2.33. The zero-order valence-electron chi connectivity index (χ0n) is 14.4. The van der Waals surface area contributed by atoms with Crippen LogP contribution in [0.15, 0.2) is 47.4 Å². The second-order valence-corrected chi connectivity index (χ2v) is 8.32. The van der Waals surface area contributed by atoms with E-state index < -0.39 is 22.1 Å². The number of carboxylic acids is 1. The molecule has 138 valence electrons. The molecule has 0 saturated heterocycles. The van der Waals surface area contributed by atoms with Gasteiger partial charge >= 0.3 is 5.97 Å². The summed E-state index contributed by atoms with van der Waals surface area (Å²) in [4.78, 5) is 11.5. The molecule has 2 aromatic rings. The Labute approximate surface area is 152 Å². The topological polar surface area (TPSA) is 94.9 Å². The van der Waals surface area contributed by atoms with Gasteiger partial charge in [-0.3, -0.25) is 4.31 Å². The summed E-state index contributed by atoms with van der Waals surface area (Å²) in [5, 5.41) is 19.2. The number of aryl methyl sites for hydroxylation is 1. The van der Waals surface area contributed by atoms with Crippen LogP contribution in [0.4, 0.5) is 5.69 Å².